The monoisotopic (exact) mass is 303 g/mol. The Labute approximate surface area is 130 Å². The van der Waals surface area contributed by atoms with Crippen LogP contribution in [0.2, 0.25) is 0 Å². The number of nitrogens with zero attached hydrogens (tertiary/aromatic N) is 1. The lowest BCUT2D eigenvalue weighted by Gasteiger charge is -2.16. The van der Waals surface area contributed by atoms with Crippen molar-refractivity contribution >= 4 is 0 Å². The molecule has 4 N–H and O–H groups in total. The average Bonchev–Trinajstić information content (AvgIpc) is 2.59. The van der Waals surface area contributed by atoms with Crippen molar-refractivity contribution in [2.24, 2.45) is 5.73 Å². The molecule has 0 aliphatic rings. The predicted octanol–water partition coefficient (Wildman–Crippen LogP) is 2.19. The molecular weight excluding hydrogens is 281 g/mol. The van der Waals surface area contributed by atoms with Gasteiger partial charge in [0.1, 0.15) is 6.67 Å². The third-order valence-electron chi connectivity index (χ3n) is 3.55. The molecule has 4 nitrogen and oxygen atoms in total. The fourth-order valence-corrected chi connectivity index (χ4v) is 2.16. The maximum atomic E-state index is 12.5. The summed E-state index contributed by atoms with van der Waals surface area (Å²) in [5.74, 6) is 0. The minimum Gasteiger partial charge on any atom is -0.387 e. The van der Waals surface area contributed by atoms with E-state index in [2.05, 4.69) is 17.2 Å². The number of hydrogen-bond acceptors (Lipinski definition) is 4. The highest BCUT2D eigenvalue weighted by atomic mass is 19.1. The molecule has 1 heterocycles. The summed E-state index contributed by atoms with van der Waals surface area (Å²) in [4.78, 5) is 4.41. The second-order valence-electron chi connectivity index (χ2n) is 5.20. The summed E-state index contributed by atoms with van der Waals surface area (Å²) in [5, 5.41) is 13.1. The van der Waals surface area contributed by atoms with E-state index >= 15 is 0 Å². The number of benzene rings is 1. The van der Waals surface area contributed by atoms with Gasteiger partial charge in [-0.3, -0.25) is 4.98 Å². The van der Waals surface area contributed by atoms with Crippen LogP contribution in [0, 0.1) is 0 Å². The molecule has 0 radical (unpaired) electrons. The average molecular weight is 303 g/mol. The lowest BCUT2D eigenvalue weighted by atomic mass is 10.00. The second-order valence-corrected chi connectivity index (χ2v) is 5.20. The standard InChI is InChI=1S/C17H22FN3O/c1-2-20-11-15-8-7-14(10-21-15)12-3-5-13(6-4-12)17(22)16(19)9-18/h3-8,10,16-17,20,22H,2,9,11,19H2,1H3. The molecule has 0 saturated heterocycles. The maximum absolute atomic E-state index is 12.5. The molecule has 5 heteroatoms. The van der Waals surface area contributed by atoms with Gasteiger partial charge in [0.25, 0.3) is 0 Å². The zero-order valence-electron chi connectivity index (χ0n) is 12.7. The fourth-order valence-electron chi connectivity index (χ4n) is 2.16. The largest absolute Gasteiger partial charge is 0.387 e. The highest BCUT2D eigenvalue weighted by molar-refractivity contribution is 5.62. The predicted molar refractivity (Wildman–Crippen MR) is 86.0 cm³/mol. The number of nitrogens with one attached hydrogen (secondary N) is 1. The van der Waals surface area contributed by atoms with E-state index in [1.165, 1.54) is 0 Å². The molecule has 2 atom stereocenters. The number of halogens is 1. The van der Waals surface area contributed by atoms with Crippen LogP contribution in [-0.4, -0.2) is 29.4 Å². The van der Waals surface area contributed by atoms with Gasteiger partial charge in [0.2, 0.25) is 0 Å². The zero-order chi connectivity index (χ0) is 15.9. The van der Waals surface area contributed by atoms with Gasteiger partial charge in [-0.1, -0.05) is 37.3 Å². The number of aliphatic hydroxyl groups excluding tert-OH is 1. The third-order valence-corrected chi connectivity index (χ3v) is 3.55. The van der Waals surface area contributed by atoms with E-state index in [9.17, 15) is 9.50 Å². The smallest absolute Gasteiger partial charge is 0.107 e. The zero-order valence-corrected chi connectivity index (χ0v) is 12.7. The highest BCUT2D eigenvalue weighted by Crippen LogP contribution is 2.23. The van der Waals surface area contributed by atoms with Crippen LogP contribution in [0.1, 0.15) is 24.3 Å². The first-order chi connectivity index (χ1) is 10.7. The van der Waals surface area contributed by atoms with Gasteiger partial charge >= 0.3 is 0 Å². The third kappa shape index (κ3) is 4.10. The van der Waals surface area contributed by atoms with Crippen molar-refractivity contribution in [2.75, 3.05) is 13.2 Å². The molecule has 0 spiro atoms. The van der Waals surface area contributed by atoms with Crippen molar-refractivity contribution in [1.29, 1.82) is 0 Å². The molecule has 22 heavy (non-hydrogen) atoms. The van der Waals surface area contributed by atoms with E-state index in [4.69, 9.17) is 5.73 Å². The number of rotatable bonds is 7. The molecule has 1 aromatic heterocycles. The number of alkyl halides is 1. The SMILES string of the molecule is CCNCc1ccc(-c2ccc(C(O)C(N)CF)cc2)cn1. The summed E-state index contributed by atoms with van der Waals surface area (Å²) in [6, 6.07) is 10.4. The first-order valence-electron chi connectivity index (χ1n) is 7.41. The molecule has 2 unspecified atom stereocenters. The Balaban J connectivity index is 2.10. The molecule has 0 fully saturated rings. The van der Waals surface area contributed by atoms with Gasteiger partial charge < -0.3 is 16.2 Å². The first kappa shape index (κ1) is 16.5. The topological polar surface area (TPSA) is 71.2 Å². The van der Waals surface area contributed by atoms with Crippen LogP contribution >= 0.6 is 0 Å². The molecule has 0 aliphatic heterocycles. The minimum absolute atomic E-state index is 0.616. The molecular formula is C17H22FN3O. The fraction of sp³-hybridized carbons (Fsp3) is 0.353. The van der Waals surface area contributed by atoms with E-state index in [-0.39, 0.29) is 0 Å². The van der Waals surface area contributed by atoms with Crippen LogP contribution in [0.15, 0.2) is 42.6 Å². The van der Waals surface area contributed by atoms with Gasteiger partial charge in [0, 0.05) is 18.3 Å². The second kappa shape index (κ2) is 7.98. The van der Waals surface area contributed by atoms with Crippen molar-refractivity contribution in [3.63, 3.8) is 0 Å². The summed E-state index contributed by atoms with van der Waals surface area (Å²) in [5.41, 5.74) is 9.11. The van der Waals surface area contributed by atoms with Crippen LogP contribution in [0.5, 0.6) is 0 Å². The Morgan fingerprint density at radius 1 is 1.18 bits per heavy atom. The Morgan fingerprint density at radius 2 is 1.86 bits per heavy atom. The Kier molecular flexibility index (Phi) is 6.00. The first-order valence-corrected chi connectivity index (χ1v) is 7.41. The van der Waals surface area contributed by atoms with Crippen molar-refractivity contribution in [3.8, 4) is 11.1 Å². The van der Waals surface area contributed by atoms with Crippen LogP contribution in [0.3, 0.4) is 0 Å². The van der Waals surface area contributed by atoms with Gasteiger partial charge in [0.05, 0.1) is 17.8 Å². The van der Waals surface area contributed by atoms with E-state index < -0.39 is 18.8 Å². The quantitative estimate of drug-likeness (QED) is 0.733. The summed E-state index contributed by atoms with van der Waals surface area (Å²) >= 11 is 0. The van der Waals surface area contributed by atoms with Gasteiger partial charge in [0.15, 0.2) is 0 Å². The highest BCUT2D eigenvalue weighted by Gasteiger charge is 2.16. The van der Waals surface area contributed by atoms with Gasteiger partial charge in [-0.25, -0.2) is 4.39 Å². The molecule has 2 rings (SSSR count). The van der Waals surface area contributed by atoms with Crippen LogP contribution in [-0.2, 0) is 6.54 Å². The lowest BCUT2D eigenvalue weighted by molar-refractivity contribution is 0.132. The van der Waals surface area contributed by atoms with E-state index in [0.29, 0.717) is 5.56 Å². The van der Waals surface area contributed by atoms with Crippen molar-refractivity contribution in [1.82, 2.24) is 10.3 Å². The molecule has 0 aliphatic carbocycles. The Bertz CT molecular complexity index is 571. The molecule has 0 saturated carbocycles. The van der Waals surface area contributed by atoms with Crippen LogP contribution in [0.25, 0.3) is 11.1 Å². The van der Waals surface area contributed by atoms with Crippen LogP contribution in [0.4, 0.5) is 4.39 Å². The summed E-state index contributed by atoms with van der Waals surface area (Å²) < 4.78 is 12.5. The van der Waals surface area contributed by atoms with Crippen molar-refractivity contribution in [3.05, 3.63) is 53.9 Å². The summed E-state index contributed by atoms with van der Waals surface area (Å²) in [6.07, 6.45) is 0.838. The van der Waals surface area contributed by atoms with Crippen molar-refractivity contribution < 1.29 is 9.50 Å². The number of pyridine rings is 1. The Morgan fingerprint density at radius 3 is 2.41 bits per heavy atom. The number of aliphatic hydroxyl groups is 1. The van der Waals surface area contributed by atoms with Crippen LogP contribution < -0.4 is 11.1 Å². The molecule has 0 amide bonds. The van der Waals surface area contributed by atoms with E-state index in [1.54, 1.807) is 12.1 Å². The normalized spacial score (nSPS) is 13.8. The Hall–Kier alpha value is -1.82. The lowest BCUT2D eigenvalue weighted by Crippen LogP contribution is -2.30. The number of hydrogen-bond donors (Lipinski definition) is 3. The molecule has 0 bridgehead atoms. The van der Waals surface area contributed by atoms with Gasteiger partial charge in [-0.2, -0.15) is 0 Å². The van der Waals surface area contributed by atoms with E-state index in [1.807, 2.05) is 30.5 Å². The summed E-state index contributed by atoms with van der Waals surface area (Å²) in [7, 11) is 0. The molecule has 118 valence electrons. The minimum atomic E-state index is -0.986. The molecule has 1 aromatic carbocycles. The van der Waals surface area contributed by atoms with Gasteiger partial charge in [-0.05, 0) is 23.7 Å². The number of nitrogens with two attached hydrogens (primary N) is 1. The molecule has 2 aromatic rings. The maximum Gasteiger partial charge on any atom is 0.107 e. The van der Waals surface area contributed by atoms with E-state index in [0.717, 1.165) is 29.9 Å². The van der Waals surface area contributed by atoms with Gasteiger partial charge in [-0.15, -0.1) is 0 Å². The summed E-state index contributed by atoms with van der Waals surface area (Å²) in [6.45, 7) is 2.97. The van der Waals surface area contributed by atoms with Crippen molar-refractivity contribution in [2.45, 2.75) is 25.6 Å². The number of aromatic nitrogens is 1.